The summed E-state index contributed by atoms with van der Waals surface area (Å²) in [5, 5.41) is 21.9. The van der Waals surface area contributed by atoms with E-state index in [0.717, 1.165) is 11.3 Å². The minimum atomic E-state index is -0.219. The summed E-state index contributed by atoms with van der Waals surface area (Å²) in [6.07, 6.45) is 1.57. The molecule has 0 atom stereocenters. The average molecular weight is 253 g/mol. The maximum absolute atomic E-state index is 11.9. The van der Waals surface area contributed by atoms with E-state index in [1.54, 1.807) is 6.08 Å². The SMILES string of the molecule is O=C1Nc2ccccc2/C1=C\c1cc(O)ccc1O. The molecule has 4 heteroatoms. The third-order valence-electron chi connectivity index (χ3n) is 3.02. The monoisotopic (exact) mass is 253 g/mol. The second-order valence-corrected chi connectivity index (χ2v) is 4.30. The molecule has 3 N–H and O–H groups in total. The highest BCUT2D eigenvalue weighted by molar-refractivity contribution is 6.35. The number of nitrogens with one attached hydrogen (secondary N) is 1. The van der Waals surface area contributed by atoms with Crippen LogP contribution in [0.15, 0.2) is 42.5 Å². The van der Waals surface area contributed by atoms with Crippen molar-refractivity contribution in [2.24, 2.45) is 0 Å². The maximum Gasteiger partial charge on any atom is 0.256 e. The first kappa shape index (κ1) is 11.3. The summed E-state index contributed by atoms with van der Waals surface area (Å²) >= 11 is 0. The first-order valence-electron chi connectivity index (χ1n) is 5.79. The summed E-state index contributed by atoms with van der Waals surface area (Å²) in [5.41, 5.74) is 2.41. The Morgan fingerprint density at radius 3 is 2.68 bits per heavy atom. The lowest BCUT2D eigenvalue weighted by Gasteiger charge is -2.02. The Kier molecular flexibility index (Phi) is 2.49. The zero-order chi connectivity index (χ0) is 13.4. The molecule has 0 saturated heterocycles. The highest BCUT2D eigenvalue weighted by Gasteiger charge is 2.23. The normalized spacial score (nSPS) is 15.4. The zero-order valence-electron chi connectivity index (χ0n) is 9.92. The summed E-state index contributed by atoms with van der Waals surface area (Å²) in [7, 11) is 0. The van der Waals surface area contributed by atoms with E-state index in [1.165, 1.54) is 18.2 Å². The van der Waals surface area contributed by atoms with Gasteiger partial charge in [-0.1, -0.05) is 18.2 Å². The number of phenols is 2. The van der Waals surface area contributed by atoms with Crippen LogP contribution in [0.3, 0.4) is 0 Å². The molecule has 0 saturated carbocycles. The lowest BCUT2D eigenvalue weighted by Crippen LogP contribution is -2.03. The second-order valence-electron chi connectivity index (χ2n) is 4.30. The number of benzene rings is 2. The number of para-hydroxylation sites is 1. The smallest absolute Gasteiger partial charge is 0.256 e. The van der Waals surface area contributed by atoms with Crippen LogP contribution in [0.4, 0.5) is 5.69 Å². The molecule has 94 valence electrons. The van der Waals surface area contributed by atoms with Crippen molar-refractivity contribution < 1.29 is 15.0 Å². The van der Waals surface area contributed by atoms with E-state index in [0.29, 0.717) is 11.1 Å². The van der Waals surface area contributed by atoms with Gasteiger partial charge in [-0.25, -0.2) is 0 Å². The standard InChI is InChI=1S/C15H11NO3/c17-10-5-6-14(18)9(7-10)8-12-11-3-1-2-4-13(11)16-15(12)19/h1-8,17-18H,(H,16,19)/b12-8+. The summed E-state index contributed by atoms with van der Waals surface area (Å²) in [6, 6.07) is 11.5. The Bertz CT molecular complexity index is 704. The van der Waals surface area contributed by atoms with Crippen LogP contribution in [0.2, 0.25) is 0 Å². The quantitative estimate of drug-likeness (QED) is 0.540. The maximum atomic E-state index is 11.9. The summed E-state index contributed by atoms with van der Waals surface area (Å²) in [6.45, 7) is 0. The van der Waals surface area contributed by atoms with Gasteiger partial charge in [-0.3, -0.25) is 4.79 Å². The van der Waals surface area contributed by atoms with Gasteiger partial charge in [0.1, 0.15) is 11.5 Å². The van der Waals surface area contributed by atoms with Crippen molar-refractivity contribution in [2.75, 3.05) is 5.32 Å². The molecule has 1 heterocycles. The summed E-state index contributed by atoms with van der Waals surface area (Å²) in [5.74, 6) is -0.164. The number of carbonyl (C=O) groups excluding carboxylic acids is 1. The molecule has 1 amide bonds. The van der Waals surface area contributed by atoms with Gasteiger partial charge in [-0.05, 0) is 30.3 Å². The third-order valence-corrected chi connectivity index (χ3v) is 3.02. The van der Waals surface area contributed by atoms with Gasteiger partial charge in [0.15, 0.2) is 0 Å². The number of phenolic OH excluding ortho intramolecular Hbond substituents is 2. The van der Waals surface area contributed by atoms with Crippen molar-refractivity contribution in [2.45, 2.75) is 0 Å². The van der Waals surface area contributed by atoms with Crippen LogP contribution in [0.25, 0.3) is 11.6 Å². The fourth-order valence-electron chi connectivity index (χ4n) is 2.10. The molecule has 4 nitrogen and oxygen atoms in total. The third kappa shape index (κ3) is 1.93. The minimum Gasteiger partial charge on any atom is -0.508 e. The average Bonchev–Trinajstić information content (AvgIpc) is 2.71. The van der Waals surface area contributed by atoms with E-state index >= 15 is 0 Å². The number of rotatable bonds is 1. The molecule has 0 aromatic heterocycles. The van der Waals surface area contributed by atoms with Gasteiger partial charge in [0.2, 0.25) is 0 Å². The Morgan fingerprint density at radius 2 is 1.84 bits per heavy atom. The van der Waals surface area contributed by atoms with Crippen LogP contribution < -0.4 is 5.32 Å². The Labute approximate surface area is 109 Å². The molecule has 19 heavy (non-hydrogen) atoms. The Balaban J connectivity index is 2.14. The molecule has 0 spiro atoms. The van der Waals surface area contributed by atoms with Gasteiger partial charge < -0.3 is 15.5 Å². The van der Waals surface area contributed by atoms with Gasteiger partial charge in [-0.15, -0.1) is 0 Å². The number of amides is 1. The van der Waals surface area contributed by atoms with E-state index in [2.05, 4.69) is 5.32 Å². The molecule has 2 aromatic carbocycles. The molecule has 0 radical (unpaired) electrons. The lowest BCUT2D eigenvalue weighted by molar-refractivity contribution is -0.110. The van der Waals surface area contributed by atoms with Gasteiger partial charge in [0, 0.05) is 22.4 Å². The minimum absolute atomic E-state index is 0.0162. The van der Waals surface area contributed by atoms with Crippen molar-refractivity contribution in [1.29, 1.82) is 0 Å². The predicted molar refractivity (Wildman–Crippen MR) is 72.7 cm³/mol. The highest BCUT2D eigenvalue weighted by Crippen LogP contribution is 2.34. The molecule has 0 fully saturated rings. The van der Waals surface area contributed by atoms with E-state index in [4.69, 9.17) is 0 Å². The van der Waals surface area contributed by atoms with Gasteiger partial charge in [0.05, 0.1) is 0 Å². The molecule has 1 aliphatic heterocycles. The topological polar surface area (TPSA) is 69.6 Å². The summed E-state index contributed by atoms with van der Waals surface area (Å²) < 4.78 is 0. The Morgan fingerprint density at radius 1 is 1.05 bits per heavy atom. The number of hydrogen-bond acceptors (Lipinski definition) is 3. The van der Waals surface area contributed by atoms with E-state index in [9.17, 15) is 15.0 Å². The molecular weight excluding hydrogens is 242 g/mol. The van der Waals surface area contributed by atoms with E-state index in [-0.39, 0.29) is 17.4 Å². The fourth-order valence-corrected chi connectivity index (χ4v) is 2.10. The number of fused-ring (bicyclic) bond motifs is 1. The van der Waals surface area contributed by atoms with Crippen molar-refractivity contribution in [3.63, 3.8) is 0 Å². The second kappa shape index (κ2) is 4.17. The largest absolute Gasteiger partial charge is 0.508 e. The first-order chi connectivity index (χ1) is 9.15. The highest BCUT2D eigenvalue weighted by atomic mass is 16.3. The van der Waals surface area contributed by atoms with Crippen LogP contribution in [-0.4, -0.2) is 16.1 Å². The number of carbonyl (C=O) groups is 1. The Hall–Kier alpha value is -2.75. The molecule has 0 aliphatic carbocycles. The van der Waals surface area contributed by atoms with E-state index < -0.39 is 0 Å². The van der Waals surface area contributed by atoms with Crippen LogP contribution in [0.1, 0.15) is 11.1 Å². The molecule has 1 aliphatic rings. The molecular formula is C15H11NO3. The first-order valence-corrected chi connectivity index (χ1v) is 5.79. The van der Waals surface area contributed by atoms with Crippen LogP contribution in [0, 0.1) is 0 Å². The van der Waals surface area contributed by atoms with Gasteiger partial charge in [-0.2, -0.15) is 0 Å². The number of hydrogen-bond donors (Lipinski definition) is 3. The van der Waals surface area contributed by atoms with Crippen molar-refractivity contribution in [3.05, 3.63) is 53.6 Å². The van der Waals surface area contributed by atoms with Crippen LogP contribution >= 0.6 is 0 Å². The van der Waals surface area contributed by atoms with Crippen LogP contribution in [-0.2, 0) is 4.79 Å². The predicted octanol–water partition coefficient (Wildman–Crippen LogP) is 2.59. The van der Waals surface area contributed by atoms with Gasteiger partial charge >= 0.3 is 0 Å². The van der Waals surface area contributed by atoms with Crippen LogP contribution in [0.5, 0.6) is 11.5 Å². The number of anilines is 1. The molecule has 0 bridgehead atoms. The van der Waals surface area contributed by atoms with Crippen molar-refractivity contribution in [1.82, 2.24) is 0 Å². The fraction of sp³-hybridized carbons (Fsp3) is 0. The molecule has 2 aromatic rings. The van der Waals surface area contributed by atoms with Crippen molar-refractivity contribution >= 4 is 23.2 Å². The molecule has 3 rings (SSSR count). The van der Waals surface area contributed by atoms with E-state index in [1.807, 2.05) is 24.3 Å². The molecule has 0 unspecified atom stereocenters. The van der Waals surface area contributed by atoms with Crippen molar-refractivity contribution in [3.8, 4) is 11.5 Å². The van der Waals surface area contributed by atoms with Gasteiger partial charge in [0.25, 0.3) is 5.91 Å². The summed E-state index contributed by atoms with van der Waals surface area (Å²) in [4.78, 5) is 11.9. The zero-order valence-corrected chi connectivity index (χ0v) is 9.92. The number of aromatic hydroxyl groups is 2. The lowest BCUT2D eigenvalue weighted by atomic mass is 10.0.